The molecule has 9 heteroatoms. The zero-order valence-corrected chi connectivity index (χ0v) is 15.6. The summed E-state index contributed by atoms with van der Waals surface area (Å²) in [5.41, 5.74) is 0.899. The molecule has 1 amide bonds. The fourth-order valence-corrected chi connectivity index (χ4v) is 3.65. The van der Waals surface area contributed by atoms with Crippen LogP contribution >= 0.6 is 0 Å². The lowest BCUT2D eigenvalue weighted by atomic mass is 10.1. The fraction of sp³-hybridized carbons (Fsp3) is 0.235. The molecule has 0 radical (unpaired) electrons. The van der Waals surface area contributed by atoms with Gasteiger partial charge in [-0.1, -0.05) is 12.1 Å². The molecule has 0 unspecified atom stereocenters. The van der Waals surface area contributed by atoms with Gasteiger partial charge in [0.05, 0.1) is 16.2 Å². The van der Waals surface area contributed by atoms with E-state index < -0.39 is 31.4 Å². The minimum Gasteiger partial charge on any atom is -0.345 e. The highest BCUT2D eigenvalue weighted by molar-refractivity contribution is 7.92. The molecule has 2 aromatic carbocycles. The number of carbonyl (C=O) groups excluding carboxylic acids is 1. The van der Waals surface area contributed by atoms with E-state index >= 15 is 0 Å². The van der Waals surface area contributed by atoms with Gasteiger partial charge in [0.1, 0.15) is 0 Å². The molecule has 0 heterocycles. The molecule has 2 rings (SSSR count). The summed E-state index contributed by atoms with van der Waals surface area (Å²) in [4.78, 5) is 23.7. The van der Waals surface area contributed by atoms with E-state index in [9.17, 15) is 23.3 Å². The van der Waals surface area contributed by atoms with Gasteiger partial charge in [0.15, 0.2) is 4.90 Å². The zero-order chi connectivity index (χ0) is 19.6. The highest BCUT2D eigenvalue weighted by atomic mass is 32.2. The molecule has 0 aromatic heterocycles. The average molecular weight is 377 g/mol. The topological polar surface area (TPSA) is 110 Å². The van der Waals surface area contributed by atoms with E-state index in [1.54, 1.807) is 40.1 Å². The molecule has 0 spiro atoms. The number of benzene rings is 2. The van der Waals surface area contributed by atoms with Crippen LogP contribution in [0.15, 0.2) is 41.3 Å². The number of aryl methyl sites for hydroxylation is 2. The Labute approximate surface area is 151 Å². The van der Waals surface area contributed by atoms with E-state index in [2.05, 4.69) is 4.72 Å². The van der Waals surface area contributed by atoms with Crippen LogP contribution in [0.5, 0.6) is 0 Å². The van der Waals surface area contributed by atoms with Crippen LogP contribution in [-0.4, -0.2) is 38.2 Å². The summed E-state index contributed by atoms with van der Waals surface area (Å²) in [5, 5.41) is 11.3. The van der Waals surface area contributed by atoms with Gasteiger partial charge in [-0.3, -0.25) is 19.6 Å². The zero-order valence-electron chi connectivity index (χ0n) is 14.8. The molecule has 0 saturated carbocycles. The van der Waals surface area contributed by atoms with Crippen LogP contribution in [0.4, 0.5) is 11.4 Å². The van der Waals surface area contributed by atoms with Gasteiger partial charge < -0.3 is 4.90 Å². The summed E-state index contributed by atoms with van der Waals surface area (Å²) in [5.74, 6) is -0.391. The number of rotatable bonds is 5. The second-order valence-corrected chi connectivity index (χ2v) is 7.66. The summed E-state index contributed by atoms with van der Waals surface area (Å²) in [6, 6.07) is 8.56. The number of nitro groups is 1. The van der Waals surface area contributed by atoms with E-state index in [1.807, 2.05) is 0 Å². The maximum absolute atomic E-state index is 12.8. The summed E-state index contributed by atoms with van der Waals surface area (Å²) >= 11 is 0. The van der Waals surface area contributed by atoms with Crippen LogP contribution in [0, 0.1) is 24.0 Å². The molecule has 2 aromatic rings. The standard InChI is InChI=1S/C17H19N3O5S/c1-11-9-15(20(22)23)16(10-12(11)2)26(24,25)18-14-8-6-5-7-13(14)17(21)19(3)4/h5-10,18H,1-4H3. The van der Waals surface area contributed by atoms with Gasteiger partial charge in [-0.05, 0) is 43.2 Å². The molecule has 0 aliphatic carbocycles. The predicted molar refractivity (Wildman–Crippen MR) is 97.8 cm³/mol. The number of hydrogen-bond acceptors (Lipinski definition) is 5. The summed E-state index contributed by atoms with van der Waals surface area (Å²) in [7, 11) is -1.19. The van der Waals surface area contributed by atoms with Gasteiger partial charge in [0.2, 0.25) is 0 Å². The summed E-state index contributed by atoms with van der Waals surface area (Å²) in [6.07, 6.45) is 0. The Hall–Kier alpha value is -2.94. The second kappa shape index (κ2) is 7.12. The second-order valence-electron chi connectivity index (χ2n) is 6.01. The SMILES string of the molecule is Cc1cc([N+](=O)[O-])c(S(=O)(=O)Nc2ccccc2C(=O)N(C)C)cc1C. The quantitative estimate of drug-likeness (QED) is 0.636. The van der Waals surface area contributed by atoms with E-state index in [0.717, 1.165) is 0 Å². The van der Waals surface area contributed by atoms with Crippen molar-refractivity contribution >= 4 is 27.3 Å². The Morgan fingerprint density at radius 2 is 1.69 bits per heavy atom. The van der Waals surface area contributed by atoms with Gasteiger partial charge in [-0.2, -0.15) is 0 Å². The highest BCUT2D eigenvalue weighted by Crippen LogP contribution is 2.29. The molecule has 0 aliphatic rings. The molecule has 0 aliphatic heterocycles. The van der Waals surface area contributed by atoms with Crippen LogP contribution in [-0.2, 0) is 10.0 Å². The smallest absolute Gasteiger partial charge is 0.290 e. The monoisotopic (exact) mass is 377 g/mol. The Morgan fingerprint density at radius 1 is 1.12 bits per heavy atom. The molecule has 0 atom stereocenters. The van der Waals surface area contributed by atoms with Crippen molar-refractivity contribution in [3.8, 4) is 0 Å². The molecule has 26 heavy (non-hydrogen) atoms. The van der Waals surface area contributed by atoms with Crippen molar-refractivity contribution in [2.24, 2.45) is 0 Å². The predicted octanol–water partition coefficient (Wildman–Crippen LogP) is 2.71. The Morgan fingerprint density at radius 3 is 2.27 bits per heavy atom. The number of carbonyl (C=O) groups is 1. The maximum atomic E-state index is 12.8. The van der Waals surface area contributed by atoms with Gasteiger partial charge in [0.25, 0.3) is 21.6 Å². The number of amides is 1. The van der Waals surface area contributed by atoms with E-state index in [-0.39, 0.29) is 11.3 Å². The first-order valence-corrected chi connectivity index (χ1v) is 9.12. The number of nitrogens with one attached hydrogen (secondary N) is 1. The summed E-state index contributed by atoms with van der Waals surface area (Å²) < 4.78 is 27.9. The Kier molecular flexibility index (Phi) is 5.31. The minimum atomic E-state index is -4.27. The van der Waals surface area contributed by atoms with Crippen molar-refractivity contribution in [1.29, 1.82) is 0 Å². The van der Waals surface area contributed by atoms with Crippen LogP contribution < -0.4 is 4.72 Å². The van der Waals surface area contributed by atoms with Crippen molar-refractivity contribution in [2.45, 2.75) is 18.7 Å². The molecule has 0 saturated heterocycles. The normalized spacial score (nSPS) is 11.1. The van der Waals surface area contributed by atoms with Crippen molar-refractivity contribution in [3.05, 3.63) is 63.2 Å². The lowest BCUT2D eigenvalue weighted by Crippen LogP contribution is -2.24. The molecule has 1 N–H and O–H groups in total. The number of anilines is 1. The van der Waals surface area contributed by atoms with Gasteiger partial charge >= 0.3 is 0 Å². The number of sulfonamides is 1. The first-order valence-electron chi connectivity index (χ1n) is 7.63. The maximum Gasteiger partial charge on any atom is 0.290 e. The molecular formula is C17H19N3O5S. The molecule has 0 bridgehead atoms. The first kappa shape index (κ1) is 19.4. The van der Waals surface area contributed by atoms with Crippen molar-refractivity contribution < 1.29 is 18.1 Å². The number of nitro benzene ring substituents is 1. The molecular weight excluding hydrogens is 358 g/mol. The first-order chi connectivity index (χ1) is 12.0. The Balaban J connectivity index is 2.57. The van der Waals surface area contributed by atoms with Crippen LogP contribution in [0.25, 0.3) is 0 Å². The van der Waals surface area contributed by atoms with Crippen LogP contribution in [0.2, 0.25) is 0 Å². The molecule has 8 nitrogen and oxygen atoms in total. The third kappa shape index (κ3) is 3.83. The number of nitrogens with zero attached hydrogens (tertiary/aromatic N) is 2. The van der Waals surface area contributed by atoms with Gasteiger partial charge in [-0.25, -0.2) is 8.42 Å². The summed E-state index contributed by atoms with van der Waals surface area (Å²) in [6.45, 7) is 3.33. The number of para-hydroxylation sites is 1. The van der Waals surface area contributed by atoms with E-state index in [4.69, 9.17) is 0 Å². The third-order valence-corrected chi connectivity index (χ3v) is 5.26. The average Bonchev–Trinajstić information content (AvgIpc) is 2.56. The van der Waals surface area contributed by atoms with E-state index in [1.165, 1.54) is 29.2 Å². The minimum absolute atomic E-state index is 0.0544. The van der Waals surface area contributed by atoms with Crippen molar-refractivity contribution in [2.75, 3.05) is 18.8 Å². The van der Waals surface area contributed by atoms with Gasteiger partial charge in [0, 0.05) is 20.2 Å². The lowest BCUT2D eigenvalue weighted by molar-refractivity contribution is -0.387. The molecule has 138 valence electrons. The van der Waals surface area contributed by atoms with Crippen molar-refractivity contribution in [1.82, 2.24) is 4.90 Å². The van der Waals surface area contributed by atoms with Crippen molar-refractivity contribution in [3.63, 3.8) is 0 Å². The largest absolute Gasteiger partial charge is 0.345 e. The van der Waals surface area contributed by atoms with E-state index in [0.29, 0.717) is 11.1 Å². The van der Waals surface area contributed by atoms with Crippen LogP contribution in [0.3, 0.4) is 0 Å². The van der Waals surface area contributed by atoms with Gasteiger partial charge in [-0.15, -0.1) is 0 Å². The molecule has 0 fully saturated rings. The number of hydrogen-bond donors (Lipinski definition) is 1. The fourth-order valence-electron chi connectivity index (χ4n) is 2.33. The highest BCUT2D eigenvalue weighted by Gasteiger charge is 2.28. The third-order valence-electron chi connectivity index (χ3n) is 3.87. The lowest BCUT2D eigenvalue weighted by Gasteiger charge is -2.16. The Bertz CT molecular complexity index is 984. The van der Waals surface area contributed by atoms with Crippen LogP contribution in [0.1, 0.15) is 21.5 Å².